The van der Waals surface area contributed by atoms with Crippen LogP contribution < -0.4 is 11.5 Å². The predicted molar refractivity (Wildman–Crippen MR) is 38.8 cm³/mol. The van der Waals surface area contributed by atoms with E-state index in [1.807, 2.05) is 0 Å². The number of aromatic nitrogens is 2. The molecule has 5 N–H and O–H groups in total. The van der Waals surface area contributed by atoms with E-state index < -0.39 is 5.91 Å². The van der Waals surface area contributed by atoms with Crippen LogP contribution in [0.3, 0.4) is 0 Å². The first-order chi connectivity index (χ1) is 4.22. The molecule has 0 unspecified atom stereocenters. The first-order valence-corrected chi connectivity index (χ1v) is 2.30. The van der Waals surface area contributed by atoms with Crippen molar-refractivity contribution in [2.45, 2.75) is 0 Å². The van der Waals surface area contributed by atoms with E-state index in [1.165, 1.54) is 6.33 Å². The van der Waals surface area contributed by atoms with Crippen molar-refractivity contribution in [3.63, 3.8) is 0 Å². The molecule has 5 nitrogen and oxygen atoms in total. The number of nitrogens with zero attached hydrogens (tertiary/aromatic N) is 1. The third-order valence-electron chi connectivity index (χ3n) is 0.915. The number of primary amides is 1. The zero-order valence-electron chi connectivity index (χ0n) is 5.00. The van der Waals surface area contributed by atoms with Crippen molar-refractivity contribution in [1.82, 2.24) is 9.97 Å². The highest BCUT2D eigenvalue weighted by Gasteiger charge is 2.05. The second kappa shape index (κ2) is 3.07. The molecule has 0 aliphatic heterocycles. The SMILES string of the molecule is Cl.[15NH2]C(=O)c1[nH][13cH]nc1[15NH2]. The smallest absolute Gasteiger partial charge is 0.269 e. The summed E-state index contributed by atoms with van der Waals surface area (Å²) in [4.78, 5) is 16.4. The van der Waals surface area contributed by atoms with Crippen molar-refractivity contribution in [1.29, 1.82) is 0 Å². The lowest BCUT2D eigenvalue weighted by atomic mass is 10.4. The average Bonchev–Trinajstić information content (AvgIpc) is 2.13. The number of hydrogen-bond donors (Lipinski definition) is 3. The van der Waals surface area contributed by atoms with Crippen LogP contribution in [-0.4, -0.2) is 15.9 Å². The van der Waals surface area contributed by atoms with E-state index in [4.69, 9.17) is 11.5 Å². The Morgan fingerprint density at radius 3 is 2.50 bits per heavy atom. The molecule has 10 heavy (non-hydrogen) atoms. The summed E-state index contributed by atoms with van der Waals surface area (Å²) in [7, 11) is 0. The van der Waals surface area contributed by atoms with Crippen molar-refractivity contribution in [3.05, 3.63) is 12.0 Å². The van der Waals surface area contributed by atoms with E-state index >= 15 is 0 Å². The van der Waals surface area contributed by atoms with Crippen LogP contribution in [0.5, 0.6) is 0 Å². The van der Waals surface area contributed by atoms with Crippen LogP contribution in [0.15, 0.2) is 6.33 Å². The number of anilines is 1. The highest BCUT2D eigenvalue weighted by molar-refractivity contribution is 5.94. The Hall–Kier alpha value is -1.23. The fourth-order valence-electron chi connectivity index (χ4n) is 0.502. The van der Waals surface area contributed by atoms with Gasteiger partial charge in [0.1, 0.15) is 5.69 Å². The molecule has 1 aromatic rings. The molecule has 0 bridgehead atoms. The van der Waals surface area contributed by atoms with Gasteiger partial charge in [-0.2, -0.15) is 0 Å². The summed E-state index contributed by atoms with van der Waals surface area (Å²) in [5, 5.41) is 0. The number of carbonyl (C=O) groups is 1. The van der Waals surface area contributed by atoms with Crippen molar-refractivity contribution >= 4 is 24.1 Å². The minimum Gasteiger partial charge on any atom is -0.382 e. The van der Waals surface area contributed by atoms with Gasteiger partial charge in [0.2, 0.25) is 0 Å². The maximum absolute atomic E-state index is 10.4. The van der Waals surface area contributed by atoms with Crippen molar-refractivity contribution in [2.75, 3.05) is 5.73 Å². The van der Waals surface area contributed by atoms with Gasteiger partial charge in [0.15, 0.2) is 5.82 Å². The quantitative estimate of drug-likeness (QED) is 0.490. The molecule has 1 heterocycles. The van der Waals surface area contributed by atoms with E-state index in [2.05, 4.69) is 9.97 Å². The zero-order chi connectivity index (χ0) is 6.85. The van der Waals surface area contributed by atoms with Gasteiger partial charge in [-0.05, 0) is 0 Å². The maximum Gasteiger partial charge on any atom is 0.269 e. The highest BCUT2D eigenvalue weighted by atomic mass is 35.5. The second-order valence-electron chi connectivity index (χ2n) is 1.53. The Bertz CT molecular complexity index is 233. The number of carbonyl (C=O) groups excluding carboxylic acids is 1. The molecule has 1 aromatic heterocycles. The molecule has 0 saturated carbocycles. The number of nitrogens with one attached hydrogen (secondary N) is 1. The van der Waals surface area contributed by atoms with E-state index in [1.54, 1.807) is 0 Å². The lowest BCUT2D eigenvalue weighted by Crippen LogP contribution is -2.13. The average molecular weight is 166 g/mol. The van der Waals surface area contributed by atoms with E-state index in [-0.39, 0.29) is 23.9 Å². The van der Waals surface area contributed by atoms with Gasteiger partial charge in [-0.15, -0.1) is 12.4 Å². The maximum atomic E-state index is 10.4. The molecule has 6 heteroatoms. The van der Waals surface area contributed by atoms with Gasteiger partial charge < -0.3 is 16.5 Å². The second-order valence-corrected chi connectivity index (χ2v) is 1.53. The lowest BCUT2D eigenvalue weighted by Gasteiger charge is -1.87. The molecule has 0 aliphatic rings. The van der Waals surface area contributed by atoms with Gasteiger partial charge in [0.05, 0.1) is 6.33 Å². The number of hydrogen-bond acceptors (Lipinski definition) is 3. The van der Waals surface area contributed by atoms with Gasteiger partial charge in [0, 0.05) is 0 Å². The fraction of sp³-hybridized carbons (Fsp3) is 0. The van der Waals surface area contributed by atoms with E-state index in [0.717, 1.165) is 0 Å². The number of nitrogens with two attached hydrogens (primary N) is 2. The number of nitrogen functional groups attached to an aromatic ring is 1. The molecule has 0 aromatic carbocycles. The lowest BCUT2D eigenvalue weighted by molar-refractivity contribution is 0.0997. The largest absolute Gasteiger partial charge is 0.382 e. The summed E-state index contributed by atoms with van der Waals surface area (Å²) in [6.07, 6.45) is 1.31. The highest BCUT2D eigenvalue weighted by Crippen LogP contribution is 2.00. The number of rotatable bonds is 1. The Morgan fingerprint density at radius 1 is 1.70 bits per heavy atom. The molecule has 1 rings (SSSR count). The molecule has 0 radical (unpaired) electrons. The molecular formula is C4H7ClN4O. The van der Waals surface area contributed by atoms with Gasteiger partial charge in [-0.25, -0.2) is 4.98 Å². The molecule has 0 spiro atoms. The number of amides is 1. The van der Waals surface area contributed by atoms with E-state index in [9.17, 15) is 4.79 Å². The molecule has 1 amide bonds. The fourth-order valence-corrected chi connectivity index (χ4v) is 0.502. The van der Waals surface area contributed by atoms with Crippen LogP contribution in [-0.2, 0) is 0 Å². The minimum absolute atomic E-state index is 0. The van der Waals surface area contributed by atoms with Gasteiger partial charge in [0.25, 0.3) is 5.91 Å². The van der Waals surface area contributed by atoms with Crippen LogP contribution in [0.25, 0.3) is 0 Å². The molecule has 0 aliphatic carbocycles. The molecule has 0 saturated heterocycles. The number of halogens is 1. The Labute approximate surface area is 63.2 Å². The number of aromatic amines is 1. The summed E-state index contributed by atoms with van der Waals surface area (Å²) in [6.45, 7) is 0. The Balaban J connectivity index is 0.000000810. The first-order valence-electron chi connectivity index (χ1n) is 2.30. The molecule has 56 valence electrons. The van der Waals surface area contributed by atoms with Crippen molar-refractivity contribution in [3.8, 4) is 0 Å². The third-order valence-corrected chi connectivity index (χ3v) is 0.915. The molecular weight excluding hydrogens is 159 g/mol. The number of H-pyrrole nitrogens is 1. The normalized spacial score (nSPS) is 8.40. The van der Waals surface area contributed by atoms with Crippen molar-refractivity contribution in [2.24, 2.45) is 5.73 Å². The molecule has 0 atom stereocenters. The van der Waals surface area contributed by atoms with Gasteiger partial charge in [-0.1, -0.05) is 0 Å². The van der Waals surface area contributed by atoms with Crippen LogP contribution >= 0.6 is 12.4 Å². The van der Waals surface area contributed by atoms with Crippen LogP contribution in [0.1, 0.15) is 10.5 Å². The van der Waals surface area contributed by atoms with Gasteiger partial charge >= 0.3 is 0 Å². The summed E-state index contributed by atoms with van der Waals surface area (Å²) >= 11 is 0. The summed E-state index contributed by atoms with van der Waals surface area (Å²) < 4.78 is 0. The third kappa shape index (κ3) is 1.38. The zero-order valence-corrected chi connectivity index (χ0v) is 5.81. The standard InChI is InChI=1S/C4H6N4O.ClH/c5-3-2(4(6)9)7-1-8-3;/h1H,5H2,(H2,6,9)(H,7,8);1H/i1+1,5+1,6+1;. The van der Waals surface area contributed by atoms with Crippen LogP contribution in [0.4, 0.5) is 5.82 Å². The topological polar surface area (TPSA) is 97.8 Å². The summed E-state index contributed by atoms with van der Waals surface area (Å²) in [6, 6.07) is 0. The molecule has 0 fully saturated rings. The van der Waals surface area contributed by atoms with Crippen LogP contribution in [0, 0.1) is 0 Å². The summed E-state index contributed by atoms with van der Waals surface area (Å²) in [5.74, 6) is -0.451. The van der Waals surface area contributed by atoms with Crippen LogP contribution in [0.2, 0.25) is 0 Å². The monoisotopic (exact) mass is 165 g/mol. The Kier molecular flexibility index (Phi) is 2.69. The first kappa shape index (κ1) is 8.77. The van der Waals surface area contributed by atoms with Crippen molar-refractivity contribution < 1.29 is 4.79 Å². The van der Waals surface area contributed by atoms with Gasteiger partial charge in [-0.3, -0.25) is 4.79 Å². The summed E-state index contributed by atoms with van der Waals surface area (Å²) in [5.41, 5.74) is 10.2. The minimum atomic E-state index is -0.593. The predicted octanol–water partition coefficient (Wildman–Crippen LogP) is -0.487. The number of imidazole rings is 1. The Morgan fingerprint density at radius 2 is 2.30 bits per heavy atom. The van der Waals surface area contributed by atoms with E-state index in [0.29, 0.717) is 0 Å².